The van der Waals surface area contributed by atoms with E-state index in [1.54, 1.807) is 6.07 Å². The Balaban J connectivity index is 1.72. The Labute approximate surface area is 160 Å². The van der Waals surface area contributed by atoms with Crippen LogP contribution in [0.2, 0.25) is 0 Å². The normalized spacial score (nSPS) is 10.4. The predicted molar refractivity (Wildman–Crippen MR) is 103 cm³/mol. The monoisotopic (exact) mass is 378 g/mol. The van der Waals surface area contributed by atoms with Crippen LogP contribution in [-0.4, -0.2) is 21.3 Å². The minimum absolute atomic E-state index is 0.117. The number of hydrogen-bond donors (Lipinski definition) is 2. The fraction of sp³-hybridized carbons (Fsp3) is 0.100. The van der Waals surface area contributed by atoms with Crippen LogP contribution < -0.4 is 10.9 Å². The van der Waals surface area contributed by atoms with Crippen molar-refractivity contribution in [2.75, 3.05) is 0 Å². The van der Waals surface area contributed by atoms with Gasteiger partial charge in [-0.25, -0.2) is 0 Å². The first-order chi connectivity index (χ1) is 13.4. The van der Waals surface area contributed by atoms with Gasteiger partial charge in [0.15, 0.2) is 0 Å². The van der Waals surface area contributed by atoms with Gasteiger partial charge in [0.05, 0.1) is 10.5 Å². The second kappa shape index (κ2) is 7.75. The van der Waals surface area contributed by atoms with E-state index in [0.29, 0.717) is 5.56 Å². The molecule has 3 aromatic rings. The molecule has 3 rings (SSSR count). The maximum absolute atomic E-state index is 12.5. The van der Waals surface area contributed by atoms with Gasteiger partial charge in [-0.15, -0.1) is 0 Å². The molecule has 1 heterocycles. The van der Waals surface area contributed by atoms with Crippen molar-refractivity contribution >= 4 is 17.5 Å². The molecule has 0 aliphatic rings. The Morgan fingerprint density at radius 3 is 2.14 bits per heavy atom. The SMILES string of the molecule is Cc1cc(C(=O)NNC(=O)c2ccc([N+](=O)[O-])cc2)c(C)n1-c1ccccc1. The molecule has 1 aromatic heterocycles. The molecule has 0 aliphatic carbocycles. The van der Waals surface area contributed by atoms with E-state index in [1.807, 2.05) is 48.7 Å². The van der Waals surface area contributed by atoms with Gasteiger partial charge in [0, 0.05) is 34.8 Å². The van der Waals surface area contributed by atoms with Crippen LogP contribution in [0.4, 0.5) is 5.69 Å². The minimum Gasteiger partial charge on any atom is -0.318 e. The molecule has 28 heavy (non-hydrogen) atoms. The molecule has 0 atom stereocenters. The van der Waals surface area contributed by atoms with E-state index in [1.165, 1.54) is 24.3 Å². The number of nitrogens with zero attached hydrogens (tertiary/aromatic N) is 2. The lowest BCUT2D eigenvalue weighted by molar-refractivity contribution is -0.384. The molecule has 2 amide bonds. The van der Waals surface area contributed by atoms with Crippen molar-refractivity contribution in [2.45, 2.75) is 13.8 Å². The van der Waals surface area contributed by atoms with Gasteiger partial charge in [-0.3, -0.25) is 30.6 Å². The second-order valence-electron chi connectivity index (χ2n) is 6.17. The number of nitro groups is 1. The summed E-state index contributed by atoms with van der Waals surface area (Å²) < 4.78 is 1.95. The summed E-state index contributed by atoms with van der Waals surface area (Å²) in [5, 5.41) is 10.7. The molecule has 8 heteroatoms. The average Bonchev–Trinajstić information content (AvgIpc) is 3.00. The Morgan fingerprint density at radius 2 is 1.54 bits per heavy atom. The van der Waals surface area contributed by atoms with Crippen LogP contribution in [0, 0.1) is 24.0 Å². The van der Waals surface area contributed by atoms with Crippen molar-refractivity contribution in [3.05, 3.63) is 93.3 Å². The quantitative estimate of drug-likeness (QED) is 0.537. The number of rotatable bonds is 4. The molecule has 8 nitrogen and oxygen atoms in total. The van der Waals surface area contributed by atoms with Gasteiger partial charge < -0.3 is 4.57 Å². The van der Waals surface area contributed by atoms with E-state index in [-0.39, 0.29) is 11.3 Å². The van der Waals surface area contributed by atoms with Crippen molar-refractivity contribution in [1.29, 1.82) is 0 Å². The van der Waals surface area contributed by atoms with E-state index in [0.717, 1.165) is 17.1 Å². The number of carbonyl (C=O) groups is 2. The van der Waals surface area contributed by atoms with Crippen LogP contribution in [-0.2, 0) is 0 Å². The van der Waals surface area contributed by atoms with Gasteiger partial charge in [-0.1, -0.05) is 18.2 Å². The maximum Gasteiger partial charge on any atom is 0.271 e. The predicted octanol–water partition coefficient (Wildman–Crippen LogP) is 3.08. The van der Waals surface area contributed by atoms with Gasteiger partial charge in [0.25, 0.3) is 17.5 Å². The number of non-ortho nitro benzene ring substituents is 1. The molecule has 0 unspecified atom stereocenters. The second-order valence-corrected chi connectivity index (χ2v) is 6.17. The van der Waals surface area contributed by atoms with Crippen molar-refractivity contribution < 1.29 is 14.5 Å². The van der Waals surface area contributed by atoms with E-state index in [9.17, 15) is 19.7 Å². The van der Waals surface area contributed by atoms with Crippen molar-refractivity contribution in [1.82, 2.24) is 15.4 Å². The lowest BCUT2D eigenvalue weighted by Gasteiger charge is -2.10. The summed E-state index contributed by atoms with van der Waals surface area (Å²) >= 11 is 0. The highest BCUT2D eigenvalue weighted by atomic mass is 16.6. The minimum atomic E-state index is -0.569. The standard InChI is InChI=1S/C20H18N4O4/c1-13-12-18(14(2)23(13)16-6-4-3-5-7-16)20(26)22-21-19(25)15-8-10-17(11-9-15)24(27)28/h3-12H,1-2H3,(H,21,25)(H,22,26). The first kappa shape index (κ1) is 18.8. The number of hydrogen-bond acceptors (Lipinski definition) is 4. The van der Waals surface area contributed by atoms with Gasteiger partial charge in [0.1, 0.15) is 0 Å². The van der Waals surface area contributed by atoms with Crippen LogP contribution >= 0.6 is 0 Å². The zero-order valence-corrected chi connectivity index (χ0v) is 15.3. The van der Waals surface area contributed by atoms with Gasteiger partial charge in [0.2, 0.25) is 0 Å². The largest absolute Gasteiger partial charge is 0.318 e. The third-order valence-corrected chi connectivity index (χ3v) is 4.32. The maximum atomic E-state index is 12.5. The number of aryl methyl sites for hydroxylation is 1. The number of carbonyl (C=O) groups excluding carboxylic acids is 2. The number of hydrazine groups is 1. The summed E-state index contributed by atoms with van der Waals surface area (Å²) in [6, 6.07) is 16.5. The van der Waals surface area contributed by atoms with Gasteiger partial charge >= 0.3 is 0 Å². The molecule has 0 fully saturated rings. The lowest BCUT2D eigenvalue weighted by Crippen LogP contribution is -2.41. The van der Waals surface area contributed by atoms with E-state index in [2.05, 4.69) is 10.9 Å². The fourth-order valence-corrected chi connectivity index (χ4v) is 2.95. The number of benzene rings is 2. The summed E-state index contributed by atoms with van der Waals surface area (Å²) in [6.07, 6.45) is 0. The Morgan fingerprint density at radius 1 is 0.929 bits per heavy atom. The van der Waals surface area contributed by atoms with Crippen LogP contribution in [0.3, 0.4) is 0 Å². The molecule has 0 radical (unpaired) electrons. The first-order valence-electron chi connectivity index (χ1n) is 8.48. The summed E-state index contributed by atoms with van der Waals surface area (Å²) in [7, 11) is 0. The summed E-state index contributed by atoms with van der Waals surface area (Å²) in [5.41, 5.74) is 7.78. The molecule has 2 aromatic carbocycles. The zero-order chi connectivity index (χ0) is 20.3. The fourth-order valence-electron chi connectivity index (χ4n) is 2.95. The number of para-hydroxylation sites is 1. The number of nitro benzene ring substituents is 1. The Kier molecular flexibility index (Phi) is 5.21. The van der Waals surface area contributed by atoms with Crippen molar-refractivity contribution in [3.63, 3.8) is 0 Å². The van der Waals surface area contributed by atoms with Crippen LogP contribution in [0.15, 0.2) is 60.7 Å². The smallest absolute Gasteiger partial charge is 0.271 e. The molecule has 0 spiro atoms. The Bertz CT molecular complexity index is 1040. The van der Waals surface area contributed by atoms with E-state index in [4.69, 9.17) is 0 Å². The van der Waals surface area contributed by atoms with Crippen molar-refractivity contribution in [3.8, 4) is 5.69 Å². The van der Waals surface area contributed by atoms with Crippen LogP contribution in [0.1, 0.15) is 32.1 Å². The topological polar surface area (TPSA) is 106 Å². The average molecular weight is 378 g/mol. The van der Waals surface area contributed by atoms with Crippen LogP contribution in [0.5, 0.6) is 0 Å². The highest BCUT2D eigenvalue weighted by molar-refractivity contribution is 6.00. The first-order valence-corrected chi connectivity index (χ1v) is 8.48. The molecule has 0 saturated heterocycles. The highest BCUT2D eigenvalue weighted by Gasteiger charge is 2.17. The molecular weight excluding hydrogens is 360 g/mol. The highest BCUT2D eigenvalue weighted by Crippen LogP contribution is 2.20. The van der Waals surface area contributed by atoms with Crippen molar-refractivity contribution in [2.24, 2.45) is 0 Å². The molecule has 0 bridgehead atoms. The van der Waals surface area contributed by atoms with Crippen LogP contribution in [0.25, 0.3) is 5.69 Å². The third kappa shape index (κ3) is 3.75. The molecule has 2 N–H and O–H groups in total. The van der Waals surface area contributed by atoms with Gasteiger partial charge in [-0.05, 0) is 44.2 Å². The van der Waals surface area contributed by atoms with E-state index >= 15 is 0 Å². The summed E-state index contributed by atoms with van der Waals surface area (Å²) in [5.74, 6) is -1.02. The van der Waals surface area contributed by atoms with Gasteiger partial charge in [-0.2, -0.15) is 0 Å². The number of amides is 2. The summed E-state index contributed by atoms with van der Waals surface area (Å²) in [4.78, 5) is 34.8. The third-order valence-electron chi connectivity index (χ3n) is 4.32. The Hall–Kier alpha value is -3.94. The molecular formula is C20H18N4O4. The molecule has 142 valence electrons. The summed E-state index contributed by atoms with van der Waals surface area (Å²) in [6.45, 7) is 3.72. The molecule has 0 aliphatic heterocycles. The number of aromatic nitrogens is 1. The molecule has 0 saturated carbocycles. The number of nitrogens with one attached hydrogen (secondary N) is 2. The zero-order valence-electron chi connectivity index (χ0n) is 15.3. The lowest BCUT2D eigenvalue weighted by atomic mass is 10.2. The van der Waals surface area contributed by atoms with E-state index < -0.39 is 16.7 Å².